The third-order valence-corrected chi connectivity index (χ3v) is 2.05. The van der Waals surface area contributed by atoms with E-state index in [0.717, 1.165) is 24.1 Å². The van der Waals surface area contributed by atoms with Crippen molar-refractivity contribution in [3.05, 3.63) is 0 Å². The lowest BCUT2D eigenvalue weighted by molar-refractivity contribution is -0.140. The third-order valence-electron chi connectivity index (χ3n) is 1.64. The summed E-state index contributed by atoms with van der Waals surface area (Å²) < 4.78 is 4.51. The van der Waals surface area contributed by atoms with Crippen LogP contribution in [-0.2, 0) is 9.53 Å². The van der Waals surface area contributed by atoms with Gasteiger partial charge in [-0.1, -0.05) is 25.6 Å². The lowest BCUT2D eigenvalue weighted by Gasteiger charge is -2.01. The molecule has 0 unspecified atom stereocenters. The second-order valence-electron chi connectivity index (χ2n) is 2.72. The Bertz CT molecular complexity index is 155. The first-order chi connectivity index (χ1) is 5.70. The highest BCUT2D eigenvalue weighted by Crippen LogP contribution is 2.03. The molecule has 0 heterocycles. The quantitative estimate of drug-likeness (QED) is 0.473. The van der Waals surface area contributed by atoms with Crippen LogP contribution in [0.4, 0.5) is 0 Å². The zero-order chi connectivity index (χ0) is 9.40. The molecule has 0 rings (SSSR count). The molecule has 0 fully saturated rings. The SMILES string of the molecule is CCCCC(=S)CCC(=O)OC. The Morgan fingerprint density at radius 2 is 2.00 bits per heavy atom. The summed E-state index contributed by atoms with van der Waals surface area (Å²) in [5.74, 6) is -0.172. The Labute approximate surface area is 79.3 Å². The van der Waals surface area contributed by atoms with Crippen LogP contribution in [0.2, 0.25) is 0 Å². The number of esters is 1. The molecule has 0 N–H and O–H groups in total. The maximum atomic E-state index is 10.7. The first-order valence-corrected chi connectivity index (χ1v) is 4.70. The van der Waals surface area contributed by atoms with E-state index in [9.17, 15) is 4.79 Å². The number of hydrogen-bond acceptors (Lipinski definition) is 3. The molecule has 0 aliphatic heterocycles. The maximum Gasteiger partial charge on any atom is 0.305 e. The first kappa shape index (κ1) is 11.6. The Morgan fingerprint density at radius 1 is 1.33 bits per heavy atom. The van der Waals surface area contributed by atoms with Gasteiger partial charge in [0.25, 0.3) is 0 Å². The van der Waals surface area contributed by atoms with Crippen molar-refractivity contribution in [3.8, 4) is 0 Å². The van der Waals surface area contributed by atoms with Gasteiger partial charge in [0.1, 0.15) is 0 Å². The van der Waals surface area contributed by atoms with Gasteiger partial charge in [0, 0.05) is 0 Å². The average molecular weight is 188 g/mol. The fraction of sp³-hybridized carbons (Fsp3) is 0.778. The molecule has 0 aliphatic carbocycles. The minimum Gasteiger partial charge on any atom is -0.469 e. The third kappa shape index (κ3) is 6.28. The standard InChI is InChI=1S/C9H16O2S/c1-3-4-5-8(12)6-7-9(10)11-2/h3-7H2,1-2H3. The molecule has 0 bridgehead atoms. The van der Waals surface area contributed by atoms with Gasteiger partial charge in [-0.25, -0.2) is 0 Å². The zero-order valence-electron chi connectivity index (χ0n) is 7.76. The molecular formula is C9H16O2S. The molecule has 3 heteroatoms. The van der Waals surface area contributed by atoms with Crippen molar-refractivity contribution in [1.82, 2.24) is 0 Å². The summed E-state index contributed by atoms with van der Waals surface area (Å²) in [5, 5.41) is 0. The molecule has 12 heavy (non-hydrogen) atoms. The van der Waals surface area contributed by atoms with Crippen LogP contribution in [0.5, 0.6) is 0 Å². The molecule has 0 aromatic rings. The Hall–Kier alpha value is -0.440. The second kappa shape index (κ2) is 7.22. The van der Waals surface area contributed by atoms with E-state index in [1.54, 1.807) is 0 Å². The molecule has 0 spiro atoms. The van der Waals surface area contributed by atoms with Crippen LogP contribution in [0.15, 0.2) is 0 Å². The van der Waals surface area contributed by atoms with Crippen molar-refractivity contribution in [3.63, 3.8) is 0 Å². The highest BCUT2D eigenvalue weighted by Gasteiger charge is 2.02. The van der Waals surface area contributed by atoms with E-state index < -0.39 is 0 Å². The lowest BCUT2D eigenvalue weighted by atomic mass is 10.1. The number of hydrogen-bond donors (Lipinski definition) is 0. The van der Waals surface area contributed by atoms with Gasteiger partial charge in [-0.05, 0) is 24.1 Å². The average Bonchev–Trinajstić information content (AvgIpc) is 2.10. The van der Waals surface area contributed by atoms with Gasteiger partial charge in [-0.15, -0.1) is 0 Å². The van der Waals surface area contributed by atoms with Crippen LogP contribution in [0, 0.1) is 0 Å². The largest absolute Gasteiger partial charge is 0.469 e. The highest BCUT2D eigenvalue weighted by atomic mass is 32.1. The fourth-order valence-corrected chi connectivity index (χ4v) is 1.09. The summed E-state index contributed by atoms with van der Waals surface area (Å²) in [6.45, 7) is 2.13. The van der Waals surface area contributed by atoms with E-state index in [4.69, 9.17) is 12.2 Å². The Balaban J connectivity index is 3.37. The maximum absolute atomic E-state index is 10.7. The fourth-order valence-electron chi connectivity index (χ4n) is 0.842. The summed E-state index contributed by atoms with van der Waals surface area (Å²) in [5.41, 5.74) is 0. The lowest BCUT2D eigenvalue weighted by Crippen LogP contribution is -2.03. The second-order valence-corrected chi connectivity index (χ2v) is 3.30. The van der Waals surface area contributed by atoms with Gasteiger partial charge in [-0.2, -0.15) is 0 Å². The van der Waals surface area contributed by atoms with Crippen LogP contribution in [0.3, 0.4) is 0 Å². The van der Waals surface area contributed by atoms with E-state index in [2.05, 4.69) is 11.7 Å². The molecule has 70 valence electrons. The van der Waals surface area contributed by atoms with Gasteiger partial charge in [0.05, 0.1) is 13.5 Å². The molecular weight excluding hydrogens is 172 g/mol. The number of carbonyl (C=O) groups is 1. The van der Waals surface area contributed by atoms with Crippen LogP contribution in [0.1, 0.15) is 39.0 Å². The Kier molecular flexibility index (Phi) is 6.96. The number of carbonyl (C=O) groups excluding carboxylic acids is 1. The smallest absolute Gasteiger partial charge is 0.305 e. The van der Waals surface area contributed by atoms with Crippen LogP contribution in [-0.4, -0.2) is 17.9 Å². The van der Waals surface area contributed by atoms with E-state index >= 15 is 0 Å². The van der Waals surface area contributed by atoms with Gasteiger partial charge in [0.2, 0.25) is 0 Å². The molecule has 0 aliphatic rings. The molecule has 0 aromatic heterocycles. The summed E-state index contributed by atoms with van der Waals surface area (Å²) in [6.07, 6.45) is 4.36. The van der Waals surface area contributed by atoms with E-state index in [1.807, 2.05) is 0 Å². The summed E-state index contributed by atoms with van der Waals surface area (Å²) in [6, 6.07) is 0. The minimum atomic E-state index is -0.172. The predicted molar refractivity (Wildman–Crippen MR) is 53.4 cm³/mol. The monoisotopic (exact) mass is 188 g/mol. The Morgan fingerprint density at radius 3 is 2.50 bits per heavy atom. The first-order valence-electron chi connectivity index (χ1n) is 4.29. The molecule has 0 aromatic carbocycles. The molecule has 0 atom stereocenters. The van der Waals surface area contributed by atoms with Crippen molar-refractivity contribution < 1.29 is 9.53 Å². The normalized spacial score (nSPS) is 9.50. The van der Waals surface area contributed by atoms with E-state index in [0.29, 0.717) is 12.8 Å². The van der Waals surface area contributed by atoms with Crippen LogP contribution < -0.4 is 0 Å². The topological polar surface area (TPSA) is 26.3 Å². The number of thiocarbonyl (C=S) groups is 1. The van der Waals surface area contributed by atoms with E-state index in [1.165, 1.54) is 7.11 Å². The molecule has 0 amide bonds. The summed E-state index contributed by atoms with van der Waals surface area (Å²) in [7, 11) is 1.40. The molecule has 0 radical (unpaired) electrons. The van der Waals surface area contributed by atoms with Crippen LogP contribution >= 0.6 is 12.2 Å². The van der Waals surface area contributed by atoms with E-state index in [-0.39, 0.29) is 5.97 Å². The minimum absolute atomic E-state index is 0.172. The van der Waals surface area contributed by atoms with Crippen molar-refractivity contribution >= 4 is 23.1 Å². The summed E-state index contributed by atoms with van der Waals surface area (Å²) in [4.78, 5) is 11.7. The summed E-state index contributed by atoms with van der Waals surface area (Å²) >= 11 is 5.08. The van der Waals surface area contributed by atoms with Crippen LogP contribution in [0.25, 0.3) is 0 Å². The van der Waals surface area contributed by atoms with Gasteiger partial charge >= 0.3 is 5.97 Å². The number of unbranched alkanes of at least 4 members (excludes halogenated alkanes) is 1. The molecule has 0 saturated carbocycles. The van der Waals surface area contributed by atoms with Gasteiger partial charge < -0.3 is 4.74 Å². The zero-order valence-corrected chi connectivity index (χ0v) is 8.58. The molecule has 2 nitrogen and oxygen atoms in total. The number of ether oxygens (including phenoxy) is 1. The van der Waals surface area contributed by atoms with Crippen molar-refractivity contribution in [1.29, 1.82) is 0 Å². The van der Waals surface area contributed by atoms with Gasteiger partial charge in [0.15, 0.2) is 0 Å². The highest BCUT2D eigenvalue weighted by molar-refractivity contribution is 7.80. The van der Waals surface area contributed by atoms with Crippen molar-refractivity contribution in [2.45, 2.75) is 39.0 Å². The number of rotatable bonds is 6. The van der Waals surface area contributed by atoms with Gasteiger partial charge in [-0.3, -0.25) is 4.79 Å². The molecule has 0 saturated heterocycles. The number of methoxy groups -OCH3 is 1. The van der Waals surface area contributed by atoms with Crippen molar-refractivity contribution in [2.24, 2.45) is 0 Å². The van der Waals surface area contributed by atoms with Crippen molar-refractivity contribution in [2.75, 3.05) is 7.11 Å². The predicted octanol–water partition coefficient (Wildman–Crippen LogP) is 2.50.